The van der Waals surface area contributed by atoms with Gasteiger partial charge in [0.2, 0.25) is 0 Å². The number of likely N-dealkylation sites (tertiary alicyclic amines) is 1. The number of piperidine rings is 1. The Labute approximate surface area is 205 Å². The van der Waals surface area contributed by atoms with Crippen LogP contribution >= 0.6 is 0 Å². The summed E-state index contributed by atoms with van der Waals surface area (Å²) in [6, 6.07) is 0.144. The van der Waals surface area contributed by atoms with Gasteiger partial charge in [-0.15, -0.1) is 0 Å². The SMILES string of the molecule is CNCC(CC1CCCCC1)NC(=O)N1CCCC(C(O)(CCCCOC)c2nccn2C)C1. The minimum atomic E-state index is -1.06. The average molecular weight is 478 g/mol. The number of hydrogen-bond donors (Lipinski definition) is 3. The van der Waals surface area contributed by atoms with Gasteiger partial charge in [-0.2, -0.15) is 0 Å². The molecule has 0 spiro atoms. The van der Waals surface area contributed by atoms with Crippen molar-refractivity contribution >= 4 is 6.03 Å². The Balaban J connectivity index is 1.65. The van der Waals surface area contributed by atoms with Crippen molar-refractivity contribution in [1.29, 1.82) is 0 Å². The Morgan fingerprint density at radius 2 is 2.06 bits per heavy atom. The number of aryl methyl sites for hydroxylation is 1. The molecule has 0 bridgehead atoms. The maximum absolute atomic E-state index is 13.3. The first-order valence-corrected chi connectivity index (χ1v) is 13.4. The Hall–Kier alpha value is -1.64. The number of methoxy groups -OCH3 is 1. The van der Waals surface area contributed by atoms with Gasteiger partial charge in [-0.1, -0.05) is 32.1 Å². The number of carbonyl (C=O) groups is 1. The average Bonchev–Trinajstić information content (AvgIpc) is 3.29. The molecule has 1 saturated heterocycles. The fraction of sp³-hybridized carbons (Fsp3) is 0.846. The molecular weight excluding hydrogens is 430 g/mol. The van der Waals surface area contributed by atoms with Gasteiger partial charge in [0.1, 0.15) is 11.4 Å². The van der Waals surface area contributed by atoms with Crippen LogP contribution in [0.4, 0.5) is 4.79 Å². The molecule has 34 heavy (non-hydrogen) atoms. The van der Waals surface area contributed by atoms with E-state index in [4.69, 9.17) is 4.74 Å². The van der Waals surface area contributed by atoms with Gasteiger partial charge in [0.25, 0.3) is 0 Å². The van der Waals surface area contributed by atoms with E-state index in [0.717, 1.165) is 45.2 Å². The second-order valence-corrected chi connectivity index (χ2v) is 10.5. The van der Waals surface area contributed by atoms with E-state index >= 15 is 0 Å². The van der Waals surface area contributed by atoms with Crippen LogP contribution in [-0.4, -0.2) is 72.0 Å². The number of imidazole rings is 1. The monoisotopic (exact) mass is 477 g/mol. The van der Waals surface area contributed by atoms with Crippen molar-refractivity contribution in [2.24, 2.45) is 18.9 Å². The molecule has 3 rings (SSSR count). The van der Waals surface area contributed by atoms with Gasteiger partial charge < -0.3 is 29.9 Å². The van der Waals surface area contributed by atoms with Crippen molar-refractivity contribution in [2.75, 3.05) is 40.4 Å². The molecule has 2 aliphatic rings. The predicted octanol–water partition coefficient (Wildman–Crippen LogP) is 3.40. The maximum atomic E-state index is 13.3. The van der Waals surface area contributed by atoms with Crippen LogP contribution in [-0.2, 0) is 17.4 Å². The summed E-state index contributed by atoms with van der Waals surface area (Å²) in [5.74, 6) is 1.36. The van der Waals surface area contributed by atoms with Crippen LogP contribution in [0.25, 0.3) is 0 Å². The summed E-state index contributed by atoms with van der Waals surface area (Å²) in [5.41, 5.74) is -1.06. The highest BCUT2D eigenvalue weighted by Gasteiger charge is 2.43. The minimum Gasteiger partial charge on any atom is -0.385 e. The first kappa shape index (κ1) is 27.0. The number of carbonyl (C=O) groups excluding carboxylic acids is 1. The second kappa shape index (κ2) is 13.4. The zero-order valence-electron chi connectivity index (χ0n) is 21.6. The lowest BCUT2D eigenvalue weighted by molar-refractivity contribution is -0.0649. The zero-order chi connectivity index (χ0) is 24.4. The van der Waals surface area contributed by atoms with Crippen LogP contribution in [0.5, 0.6) is 0 Å². The Bertz CT molecular complexity index is 736. The number of nitrogens with zero attached hydrogens (tertiary/aromatic N) is 3. The molecule has 194 valence electrons. The van der Waals surface area contributed by atoms with Crippen LogP contribution in [0.2, 0.25) is 0 Å². The number of aliphatic hydroxyl groups is 1. The molecule has 3 atom stereocenters. The Morgan fingerprint density at radius 1 is 1.26 bits per heavy atom. The Morgan fingerprint density at radius 3 is 2.74 bits per heavy atom. The topological polar surface area (TPSA) is 91.7 Å². The molecule has 2 heterocycles. The molecule has 1 aliphatic heterocycles. The number of hydrogen-bond acceptors (Lipinski definition) is 5. The molecule has 1 aromatic rings. The Kier molecular flexibility index (Phi) is 10.7. The number of nitrogens with one attached hydrogen (secondary N) is 2. The van der Waals surface area contributed by atoms with Crippen LogP contribution in [0.1, 0.15) is 76.5 Å². The van der Waals surface area contributed by atoms with Crippen molar-refractivity contribution in [3.63, 3.8) is 0 Å². The highest BCUT2D eigenvalue weighted by molar-refractivity contribution is 5.74. The second-order valence-electron chi connectivity index (χ2n) is 10.5. The van der Waals surface area contributed by atoms with Gasteiger partial charge in [-0.05, 0) is 51.5 Å². The fourth-order valence-corrected chi connectivity index (χ4v) is 6.00. The van der Waals surface area contributed by atoms with Gasteiger partial charge >= 0.3 is 6.03 Å². The number of unbranched alkanes of at least 4 members (excludes halogenated alkanes) is 1. The lowest BCUT2D eigenvalue weighted by Gasteiger charge is -2.42. The number of urea groups is 1. The van der Waals surface area contributed by atoms with Crippen molar-refractivity contribution < 1.29 is 14.6 Å². The lowest BCUT2D eigenvalue weighted by atomic mass is 9.77. The molecule has 1 aromatic heterocycles. The molecule has 2 fully saturated rings. The molecule has 8 nitrogen and oxygen atoms in total. The number of likely N-dealkylation sites (N-methyl/N-ethyl adjacent to an activating group) is 1. The molecule has 1 saturated carbocycles. The molecule has 3 N–H and O–H groups in total. The van der Waals surface area contributed by atoms with Crippen LogP contribution in [0, 0.1) is 11.8 Å². The van der Waals surface area contributed by atoms with Crippen molar-refractivity contribution in [3.05, 3.63) is 18.2 Å². The predicted molar refractivity (Wildman–Crippen MR) is 135 cm³/mol. The summed E-state index contributed by atoms with van der Waals surface area (Å²) >= 11 is 0. The first-order chi connectivity index (χ1) is 16.5. The molecule has 1 aliphatic carbocycles. The largest absolute Gasteiger partial charge is 0.385 e. The summed E-state index contributed by atoms with van der Waals surface area (Å²) in [6.07, 6.45) is 15.4. The highest BCUT2D eigenvalue weighted by Crippen LogP contribution is 2.39. The summed E-state index contributed by atoms with van der Waals surface area (Å²) in [5, 5.41) is 18.5. The minimum absolute atomic E-state index is 0.00216. The third kappa shape index (κ3) is 7.18. The summed E-state index contributed by atoms with van der Waals surface area (Å²) in [7, 11) is 5.59. The number of ether oxygens (including phenoxy) is 1. The van der Waals surface area contributed by atoms with Crippen molar-refractivity contribution in [1.82, 2.24) is 25.1 Å². The third-order valence-corrected chi connectivity index (χ3v) is 7.87. The van der Waals surface area contributed by atoms with Gasteiger partial charge in [0.05, 0.1) is 0 Å². The van der Waals surface area contributed by atoms with Crippen LogP contribution < -0.4 is 10.6 Å². The quantitative estimate of drug-likeness (QED) is 0.401. The fourth-order valence-electron chi connectivity index (χ4n) is 6.00. The normalized spacial score (nSPS) is 22.4. The zero-order valence-corrected chi connectivity index (χ0v) is 21.6. The lowest BCUT2D eigenvalue weighted by Crippen LogP contribution is -2.54. The molecular formula is C26H47N5O3. The summed E-state index contributed by atoms with van der Waals surface area (Å²) in [6.45, 7) is 2.76. The maximum Gasteiger partial charge on any atom is 0.317 e. The van der Waals surface area contributed by atoms with Crippen LogP contribution in [0.15, 0.2) is 12.4 Å². The van der Waals surface area contributed by atoms with E-state index in [1.807, 2.05) is 29.8 Å². The van der Waals surface area contributed by atoms with Gasteiger partial charge in [-0.3, -0.25) is 0 Å². The van der Waals surface area contributed by atoms with E-state index in [1.165, 1.54) is 32.1 Å². The summed E-state index contributed by atoms with van der Waals surface area (Å²) in [4.78, 5) is 19.8. The first-order valence-electron chi connectivity index (χ1n) is 13.4. The van der Waals surface area contributed by atoms with E-state index in [0.29, 0.717) is 31.3 Å². The van der Waals surface area contributed by atoms with E-state index in [2.05, 4.69) is 15.6 Å². The van der Waals surface area contributed by atoms with E-state index < -0.39 is 5.60 Å². The van der Waals surface area contributed by atoms with E-state index in [-0.39, 0.29) is 18.0 Å². The summed E-state index contributed by atoms with van der Waals surface area (Å²) < 4.78 is 7.13. The molecule has 3 unspecified atom stereocenters. The smallest absolute Gasteiger partial charge is 0.317 e. The number of amides is 2. The van der Waals surface area contributed by atoms with Gasteiger partial charge in [-0.25, -0.2) is 9.78 Å². The third-order valence-electron chi connectivity index (χ3n) is 7.87. The highest BCUT2D eigenvalue weighted by atomic mass is 16.5. The molecule has 2 amide bonds. The van der Waals surface area contributed by atoms with Crippen LogP contribution in [0.3, 0.4) is 0 Å². The van der Waals surface area contributed by atoms with Gasteiger partial charge in [0, 0.05) is 64.8 Å². The molecule has 8 heteroatoms. The van der Waals surface area contributed by atoms with E-state index in [1.54, 1.807) is 13.3 Å². The molecule has 0 aromatic carbocycles. The van der Waals surface area contributed by atoms with E-state index in [9.17, 15) is 9.90 Å². The number of aromatic nitrogens is 2. The van der Waals surface area contributed by atoms with Crippen molar-refractivity contribution in [2.45, 2.75) is 82.3 Å². The molecule has 0 radical (unpaired) electrons. The van der Waals surface area contributed by atoms with Crippen molar-refractivity contribution in [3.8, 4) is 0 Å². The van der Waals surface area contributed by atoms with Gasteiger partial charge in [0.15, 0.2) is 0 Å². The number of rotatable bonds is 12. The standard InChI is InChI=1S/C26H47N5O3/c1-27-19-23(18-21-10-5-4-6-11-21)29-25(32)31-15-9-12-22(20-31)26(33,13-7-8-17-34-3)24-28-14-16-30(24)2/h14,16,21-23,27,33H,4-13,15,17-20H2,1-3H3,(H,29,32).